The zero-order valence-electron chi connectivity index (χ0n) is 9.77. The highest BCUT2D eigenvalue weighted by Crippen LogP contribution is 2.26. The van der Waals surface area contributed by atoms with Crippen LogP contribution in [-0.4, -0.2) is 31.1 Å². The summed E-state index contributed by atoms with van der Waals surface area (Å²) in [4.78, 5) is 0.440. The van der Waals surface area contributed by atoms with Crippen molar-refractivity contribution in [3.63, 3.8) is 0 Å². The molecule has 2 rings (SSSR count). The SMILES string of the molecule is Cc1ccccc1S(=O)(=O)N1CCC(CBr)C1. The first-order valence-corrected chi connectivity index (χ1v) is 8.23. The lowest BCUT2D eigenvalue weighted by Crippen LogP contribution is -2.29. The summed E-state index contributed by atoms with van der Waals surface area (Å²) in [5.41, 5.74) is 0.815. The Kier molecular flexibility index (Phi) is 3.90. The molecule has 3 nitrogen and oxygen atoms in total. The second kappa shape index (κ2) is 5.08. The molecule has 0 radical (unpaired) electrons. The average molecular weight is 318 g/mol. The van der Waals surface area contributed by atoms with Gasteiger partial charge in [-0.15, -0.1) is 0 Å². The van der Waals surface area contributed by atoms with E-state index in [1.165, 1.54) is 0 Å². The number of alkyl halides is 1. The van der Waals surface area contributed by atoms with Gasteiger partial charge in [-0.25, -0.2) is 8.42 Å². The van der Waals surface area contributed by atoms with Crippen LogP contribution in [0.1, 0.15) is 12.0 Å². The van der Waals surface area contributed by atoms with Crippen LogP contribution in [0.15, 0.2) is 29.2 Å². The highest BCUT2D eigenvalue weighted by atomic mass is 79.9. The zero-order valence-corrected chi connectivity index (χ0v) is 12.2. The van der Waals surface area contributed by atoms with Crippen molar-refractivity contribution in [3.8, 4) is 0 Å². The van der Waals surface area contributed by atoms with Crippen molar-refractivity contribution >= 4 is 26.0 Å². The molecule has 1 aliphatic heterocycles. The lowest BCUT2D eigenvalue weighted by atomic mass is 10.2. The average Bonchev–Trinajstić information content (AvgIpc) is 2.78. The first-order chi connectivity index (χ1) is 8.05. The van der Waals surface area contributed by atoms with Crippen molar-refractivity contribution in [1.82, 2.24) is 4.31 Å². The third-order valence-electron chi connectivity index (χ3n) is 3.18. The van der Waals surface area contributed by atoms with Crippen LogP contribution in [0.2, 0.25) is 0 Å². The number of sulfonamides is 1. The van der Waals surface area contributed by atoms with E-state index in [-0.39, 0.29) is 0 Å². The molecule has 1 heterocycles. The summed E-state index contributed by atoms with van der Waals surface area (Å²) in [5.74, 6) is 0.439. The normalized spacial score (nSPS) is 21.9. The summed E-state index contributed by atoms with van der Waals surface area (Å²) >= 11 is 3.42. The van der Waals surface area contributed by atoms with Crippen molar-refractivity contribution in [2.45, 2.75) is 18.2 Å². The summed E-state index contributed by atoms with van der Waals surface area (Å²) in [6, 6.07) is 7.16. The minimum absolute atomic E-state index is 0.439. The summed E-state index contributed by atoms with van der Waals surface area (Å²) in [6.45, 7) is 3.10. The Morgan fingerprint density at radius 2 is 2.12 bits per heavy atom. The molecular weight excluding hydrogens is 302 g/mol. The lowest BCUT2D eigenvalue weighted by Gasteiger charge is -2.17. The summed E-state index contributed by atoms with van der Waals surface area (Å²) in [5, 5.41) is 0.868. The Morgan fingerprint density at radius 3 is 2.71 bits per heavy atom. The minimum atomic E-state index is -3.30. The molecule has 0 spiro atoms. The van der Waals surface area contributed by atoms with Crippen molar-refractivity contribution in [1.29, 1.82) is 0 Å². The molecule has 1 saturated heterocycles. The number of hydrogen-bond donors (Lipinski definition) is 0. The van der Waals surface area contributed by atoms with Crippen molar-refractivity contribution in [2.24, 2.45) is 5.92 Å². The largest absolute Gasteiger partial charge is 0.243 e. The fourth-order valence-electron chi connectivity index (χ4n) is 2.13. The van der Waals surface area contributed by atoms with Gasteiger partial charge in [0.2, 0.25) is 10.0 Å². The molecule has 0 bridgehead atoms. The fourth-order valence-corrected chi connectivity index (χ4v) is 4.41. The Morgan fingerprint density at radius 1 is 1.41 bits per heavy atom. The summed E-state index contributed by atoms with van der Waals surface area (Å²) in [7, 11) is -3.30. The van der Waals surface area contributed by atoms with E-state index in [0.717, 1.165) is 17.3 Å². The maximum Gasteiger partial charge on any atom is 0.243 e. The molecule has 0 aliphatic carbocycles. The van der Waals surface area contributed by atoms with E-state index in [0.29, 0.717) is 23.9 Å². The second-order valence-corrected chi connectivity index (χ2v) is 6.99. The highest BCUT2D eigenvalue weighted by Gasteiger charge is 2.32. The van der Waals surface area contributed by atoms with E-state index in [1.54, 1.807) is 16.4 Å². The predicted molar refractivity (Wildman–Crippen MR) is 71.8 cm³/mol. The van der Waals surface area contributed by atoms with Crippen LogP contribution in [0.4, 0.5) is 0 Å². The number of halogens is 1. The van der Waals surface area contributed by atoms with Crippen LogP contribution in [0.3, 0.4) is 0 Å². The fraction of sp³-hybridized carbons (Fsp3) is 0.500. The first-order valence-electron chi connectivity index (χ1n) is 5.67. The molecule has 1 fully saturated rings. The van der Waals surface area contributed by atoms with Crippen LogP contribution < -0.4 is 0 Å². The number of rotatable bonds is 3. The number of benzene rings is 1. The van der Waals surface area contributed by atoms with E-state index in [1.807, 2.05) is 19.1 Å². The van der Waals surface area contributed by atoms with Gasteiger partial charge in [-0.1, -0.05) is 34.1 Å². The van der Waals surface area contributed by atoms with Crippen LogP contribution in [0.5, 0.6) is 0 Å². The Labute approximate surface area is 111 Å². The maximum atomic E-state index is 12.4. The van der Waals surface area contributed by atoms with Gasteiger partial charge in [-0.05, 0) is 30.9 Å². The summed E-state index contributed by atoms with van der Waals surface area (Å²) < 4.78 is 26.5. The predicted octanol–water partition coefficient (Wildman–Crippen LogP) is 2.40. The smallest absolute Gasteiger partial charge is 0.207 e. The van der Waals surface area contributed by atoms with Crippen LogP contribution in [0.25, 0.3) is 0 Å². The monoisotopic (exact) mass is 317 g/mol. The van der Waals surface area contributed by atoms with Gasteiger partial charge in [0.15, 0.2) is 0 Å². The van der Waals surface area contributed by atoms with E-state index in [2.05, 4.69) is 15.9 Å². The molecule has 0 saturated carbocycles. The molecule has 1 aromatic rings. The van der Waals surface area contributed by atoms with Crippen LogP contribution in [-0.2, 0) is 10.0 Å². The standard InChI is InChI=1S/C12H16BrNO2S/c1-10-4-2-3-5-12(10)17(15,16)14-7-6-11(8-13)9-14/h2-5,11H,6-9H2,1H3. The van der Waals surface area contributed by atoms with Crippen LogP contribution in [0, 0.1) is 12.8 Å². The molecule has 0 N–H and O–H groups in total. The van der Waals surface area contributed by atoms with Gasteiger partial charge in [0.25, 0.3) is 0 Å². The molecule has 1 unspecified atom stereocenters. The molecule has 0 aromatic heterocycles. The topological polar surface area (TPSA) is 37.4 Å². The van der Waals surface area contributed by atoms with Gasteiger partial charge in [0.1, 0.15) is 0 Å². The van der Waals surface area contributed by atoms with Gasteiger partial charge < -0.3 is 0 Å². The zero-order chi connectivity index (χ0) is 12.5. The molecule has 17 heavy (non-hydrogen) atoms. The van der Waals surface area contributed by atoms with Gasteiger partial charge in [0, 0.05) is 18.4 Å². The molecular formula is C12H16BrNO2S. The molecule has 1 atom stereocenters. The van der Waals surface area contributed by atoms with Gasteiger partial charge in [0.05, 0.1) is 4.90 Å². The van der Waals surface area contributed by atoms with Crippen molar-refractivity contribution in [3.05, 3.63) is 29.8 Å². The van der Waals surface area contributed by atoms with Gasteiger partial charge in [-0.2, -0.15) is 4.31 Å². The Hall–Kier alpha value is -0.390. The quantitative estimate of drug-likeness (QED) is 0.803. The van der Waals surface area contributed by atoms with Crippen LogP contribution >= 0.6 is 15.9 Å². The Bertz CT molecular complexity index is 501. The highest BCUT2D eigenvalue weighted by molar-refractivity contribution is 9.09. The van der Waals surface area contributed by atoms with E-state index >= 15 is 0 Å². The third kappa shape index (κ3) is 2.56. The van der Waals surface area contributed by atoms with E-state index in [9.17, 15) is 8.42 Å². The van der Waals surface area contributed by atoms with Gasteiger partial charge in [-0.3, -0.25) is 0 Å². The second-order valence-electron chi connectivity index (χ2n) is 4.44. The third-order valence-corrected chi connectivity index (χ3v) is 6.12. The Balaban J connectivity index is 2.29. The maximum absolute atomic E-state index is 12.4. The molecule has 1 aromatic carbocycles. The summed E-state index contributed by atoms with van der Waals surface area (Å²) in [6.07, 6.45) is 0.941. The molecule has 1 aliphatic rings. The molecule has 0 amide bonds. The first kappa shape index (κ1) is 13.1. The molecule has 94 valence electrons. The number of hydrogen-bond acceptors (Lipinski definition) is 2. The lowest BCUT2D eigenvalue weighted by molar-refractivity contribution is 0.465. The minimum Gasteiger partial charge on any atom is -0.207 e. The molecule has 5 heteroatoms. The number of aryl methyl sites for hydroxylation is 1. The number of nitrogens with zero attached hydrogens (tertiary/aromatic N) is 1. The van der Waals surface area contributed by atoms with Crippen molar-refractivity contribution < 1.29 is 8.42 Å². The van der Waals surface area contributed by atoms with E-state index in [4.69, 9.17) is 0 Å². The van der Waals surface area contributed by atoms with E-state index < -0.39 is 10.0 Å². The van der Waals surface area contributed by atoms with Crippen molar-refractivity contribution in [2.75, 3.05) is 18.4 Å². The van der Waals surface area contributed by atoms with Gasteiger partial charge >= 0.3 is 0 Å².